The Labute approximate surface area is 106 Å². The number of nitrogens with zero attached hydrogens (tertiary/aromatic N) is 1. The first-order valence-electron chi connectivity index (χ1n) is 5.92. The largest absolute Gasteiger partial charge is 0.386 e. The molecule has 1 aromatic carbocycles. The van der Waals surface area contributed by atoms with E-state index in [4.69, 9.17) is 0 Å². The minimum absolute atomic E-state index is 0.107. The lowest BCUT2D eigenvalue weighted by molar-refractivity contribution is 0.168. The Morgan fingerprint density at radius 1 is 1.22 bits per heavy atom. The smallest absolute Gasteiger partial charge is 0.147 e. The van der Waals surface area contributed by atoms with E-state index in [1.54, 1.807) is 0 Å². The highest BCUT2D eigenvalue weighted by molar-refractivity contribution is 5.30. The summed E-state index contributed by atoms with van der Waals surface area (Å²) in [6.45, 7) is 4.06. The van der Waals surface area contributed by atoms with Crippen molar-refractivity contribution in [2.24, 2.45) is 0 Å². The van der Waals surface area contributed by atoms with Crippen molar-refractivity contribution in [2.75, 3.05) is 0 Å². The number of aliphatic hydroxyl groups excluding tert-OH is 1. The summed E-state index contributed by atoms with van der Waals surface area (Å²) in [4.78, 5) is 3.89. The SMILES string of the molecule is Cc1ccc(CC(O)c2ncccc2F)cc1C. The molecule has 0 amide bonds. The lowest BCUT2D eigenvalue weighted by atomic mass is 10.0. The van der Waals surface area contributed by atoms with Gasteiger partial charge in [-0.25, -0.2) is 4.39 Å². The van der Waals surface area contributed by atoms with Gasteiger partial charge in [-0.3, -0.25) is 4.98 Å². The second-order valence-corrected chi connectivity index (χ2v) is 4.51. The summed E-state index contributed by atoms with van der Waals surface area (Å²) in [7, 11) is 0. The van der Waals surface area contributed by atoms with Crippen molar-refractivity contribution in [3.05, 3.63) is 64.7 Å². The molecule has 1 heterocycles. The molecule has 0 saturated carbocycles. The van der Waals surface area contributed by atoms with E-state index >= 15 is 0 Å². The number of benzene rings is 1. The van der Waals surface area contributed by atoms with Crippen molar-refractivity contribution >= 4 is 0 Å². The highest BCUT2D eigenvalue weighted by Crippen LogP contribution is 2.20. The van der Waals surface area contributed by atoms with E-state index in [1.165, 1.54) is 29.5 Å². The van der Waals surface area contributed by atoms with E-state index < -0.39 is 11.9 Å². The zero-order valence-corrected chi connectivity index (χ0v) is 10.5. The number of halogens is 1. The Kier molecular flexibility index (Phi) is 3.72. The molecule has 1 N–H and O–H groups in total. The van der Waals surface area contributed by atoms with Gasteiger partial charge in [0.2, 0.25) is 0 Å². The third-order valence-electron chi connectivity index (χ3n) is 3.10. The summed E-state index contributed by atoms with van der Waals surface area (Å²) in [5, 5.41) is 10.0. The topological polar surface area (TPSA) is 33.1 Å². The molecule has 2 aromatic rings. The van der Waals surface area contributed by atoms with Crippen LogP contribution in [0.25, 0.3) is 0 Å². The molecule has 0 radical (unpaired) electrons. The Balaban J connectivity index is 2.19. The monoisotopic (exact) mass is 245 g/mol. The number of aromatic nitrogens is 1. The summed E-state index contributed by atoms with van der Waals surface area (Å²) >= 11 is 0. The van der Waals surface area contributed by atoms with Gasteiger partial charge in [-0.2, -0.15) is 0 Å². The van der Waals surface area contributed by atoms with E-state index in [1.807, 2.05) is 32.0 Å². The molecular formula is C15H16FNO. The maximum Gasteiger partial charge on any atom is 0.147 e. The first kappa shape index (κ1) is 12.7. The van der Waals surface area contributed by atoms with Crippen molar-refractivity contribution in [3.8, 4) is 0 Å². The number of hydrogen-bond donors (Lipinski definition) is 1. The highest BCUT2D eigenvalue weighted by atomic mass is 19.1. The summed E-state index contributed by atoms with van der Waals surface area (Å²) < 4.78 is 13.5. The molecular weight excluding hydrogens is 229 g/mol. The van der Waals surface area contributed by atoms with Gasteiger partial charge in [0.15, 0.2) is 0 Å². The lowest BCUT2D eigenvalue weighted by Crippen LogP contribution is -2.07. The molecule has 1 aromatic heterocycles. The van der Waals surface area contributed by atoms with Crippen LogP contribution in [0.1, 0.15) is 28.5 Å². The van der Waals surface area contributed by atoms with Crippen molar-refractivity contribution in [2.45, 2.75) is 26.4 Å². The molecule has 0 fully saturated rings. The summed E-state index contributed by atoms with van der Waals surface area (Å²) in [5.41, 5.74) is 3.46. The van der Waals surface area contributed by atoms with Crippen LogP contribution in [0.3, 0.4) is 0 Å². The summed E-state index contributed by atoms with van der Waals surface area (Å²) in [5.74, 6) is -0.464. The Morgan fingerprint density at radius 2 is 2.00 bits per heavy atom. The normalized spacial score (nSPS) is 12.4. The highest BCUT2D eigenvalue weighted by Gasteiger charge is 2.14. The zero-order chi connectivity index (χ0) is 13.1. The van der Waals surface area contributed by atoms with Crippen LogP contribution in [0, 0.1) is 19.7 Å². The van der Waals surface area contributed by atoms with Gasteiger partial charge in [0.25, 0.3) is 0 Å². The molecule has 94 valence electrons. The van der Waals surface area contributed by atoms with Gasteiger partial charge in [0, 0.05) is 12.6 Å². The van der Waals surface area contributed by atoms with Crippen LogP contribution in [0.5, 0.6) is 0 Å². The van der Waals surface area contributed by atoms with E-state index in [0.29, 0.717) is 6.42 Å². The number of rotatable bonds is 3. The molecule has 0 aliphatic carbocycles. The molecule has 2 rings (SSSR count). The van der Waals surface area contributed by atoms with Crippen LogP contribution in [-0.2, 0) is 6.42 Å². The predicted octanol–water partition coefficient (Wildman–Crippen LogP) is 3.11. The standard InChI is InChI=1S/C15H16FNO/c1-10-5-6-12(8-11(10)2)9-14(18)15-13(16)4-3-7-17-15/h3-8,14,18H,9H2,1-2H3. The quantitative estimate of drug-likeness (QED) is 0.901. The second-order valence-electron chi connectivity index (χ2n) is 4.51. The number of hydrogen-bond acceptors (Lipinski definition) is 2. The van der Waals surface area contributed by atoms with Gasteiger partial charge in [0.1, 0.15) is 17.6 Å². The number of aryl methyl sites for hydroxylation is 2. The van der Waals surface area contributed by atoms with Crippen LogP contribution >= 0.6 is 0 Å². The van der Waals surface area contributed by atoms with Gasteiger partial charge in [-0.1, -0.05) is 18.2 Å². The molecule has 0 bridgehead atoms. The molecule has 18 heavy (non-hydrogen) atoms. The van der Waals surface area contributed by atoms with Crippen molar-refractivity contribution < 1.29 is 9.50 Å². The van der Waals surface area contributed by atoms with Gasteiger partial charge in [0.05, 0.1) is 0 Å². The van der Waals surface area contributed by atoms with Crippen LogP contribution in [0.4, 0.5) is 4.39 Å². The van der Waals surface area contributed by atoms with Gasteiger partial charge >= 0.3 is 0 Å². The third-order valence-corrected chi connectivity index (χ3v) is 3.10. The van der Waals surface area contributed by atoms with Crippen LogP contribution in [0.2, 0.25) is 0 Å². The molecule has 1 atom stereocenters. The molecule has 1 unspecified atom stereocenters. The molecule has 0 spiro atoms. The third kappa shape index (κ3) is 2.74. The number of pyridine rings is 1. The molecule has 2 nitrogen and oxygen atoms in total. The van der Waals surface area contributed by atoms with Crippen molar-refractivity contribution in [1.29, 1.82) is 0 Å². The molecule has 0 saturated heterocycles. The summed E-state index contributed by atoms with van der Waals surface area (Å²) in [6, 6.07) is 8.80. The van der Waals surface area contributed by atoms with Gasteiger partial charge in [-0.05, 0) is 42.7 Å². The fourth-order valence-electron chi connectivity index (χ4n) is 1.89. The molecule has 0 aliphatic heterocycles. The van der Waals surface area contributed by atoms with E-state index in [0.717, 1.165) is 5.56 Å². The van der Waals surface area contributed by atoms with Gasteiger partial charge < -0.3 is 5.11 Å². The fraction of sp³-hybridized carbons (Fsp3) is 0.267. The Hall–Kier alpha value is -1.74. The fourth-order valence-corrected chi connectivity index (χ4v) is 1.89. The first-order valence-corrected chi connectivity index (χ1v) is 5.92. The van der Waals surface area contributed by atoms with Crippen LogP contribution in [-0.4, -0.2) is 10.1 Å². The average Bonchev–Trinajstić information content (AvgIpc) is 2.34. The second kappa shape index (κ2) is 5.27. The minimum Gasteiger partial charge on any atom is -0.386 e. The maximum absolute atomic E-state index is 13.5. The van der Waals surface area contributed by atoms with Crippen molar-refractivity contribution in [3.63, 3.8) is 0 Å². The number of aliphatic hydroxyl groups is 1. The van der Waals surface area contributed by atoms with Gasteiger partial charge in [-0.15, -0.1) is 0 Å². The molecule has 3 heteroatoms. The van der Waals surface area contributed by atoms with Crippen LogP contribution in [0.15, 0.2) is 36.5 Å². The predicted molar refractivity (Wildman–Crippen MR) is 68.8 cm³/mol. The van der Waals surface area contributed by atoms with E-state index in [2.05, 4.69) is 4.98 Å². The average molecular weight is 245 g/mol. The molecule has 0 aliphatic rings. The minimum atomic E-state index is -0.909. The zero-order valence-electron chi connectivity index (χ0n) is 10.5. The maximum atomic E-state index is 13.5. The van der Waals surface area contributed by atoms with Crippen molar-refractivity contribution in [1.82, 2.24) is 4.98 Å². The Morgan fingerprint density at radius 3 is 2.67 bits per heavy atom. The van der Waals surface area contributed by atoms with Crippen LogP contribution < -0.4 is 0 Å². The first-order chi connectivity index (χ1) is 8.58. The van der Waals surface area contributed by atoms with E-state index in [-0.39, 0.29) is 5.69 Å². The van der Waals surface area contributed by atoms with E-state index in [9.17, 15) is 9.50 Å². The summed E-state index contributed by atoms with van der Waals surface area (Å²) in [6.07, 6.45) is 0.949. The Bertz CT molecular complexity index is 554. The lowest BCUT2D eigenvalue weighted by Gasteiger charge is -2.12.